The van der Waals surface area contributed by atoms with Crippen molar-refractivity contribution in [1.82, 2.24) is 9.62 Å². The van der Waals surface area contributed by atoms with Crippen LogP contribution in [0.3, 0.4) is 0 Å². The minimum atomic E-state index is -3.69. The second kappa shape index (κ2) is 10.2. The van der Waals surface area contributed by atoms with E-state index in [0.29, 0.717) is 12.8 Å². The number of hydrogen-bond donors (Lipinski definition) is 1. The summed E-state index contributed by atoms with van der Waals surface area (Å²) in [6.07, 6.45) is 9.09. The fourth-order valence-electron chi connectivity index (χ4n) is 4.26. The van der Waals surface area contributed by atoms with E-state index in [1.807, 2.05) is 0 Å². The molecule has 1 saturated heterocycles. The Balaban J connectivity index is 1.53. The van der Waals surface area contributed by atoms with Crippen LogP contribution in [0.2, 0.25) is 5.02 Å². The average molecular weight is 445 g/mol. The first-order valence-electron chi connectivity index (χ1n) is 10.6. The third-order valence-electron chi connectivity index (χ3n) is 6.06. The smallest absolute Gasteiger partial charge is 0.223 e. The van der Waals surface area contributed by atoms with Crippen molar-refractivity contribution in [3.8, 4) is 0 Å². The van der Waals surface area contributed by atoms with Crippen LogP contribution in [0.1, 0.15) is 63.4 Å². The number of benzene rings is 1. The van der Waals surface area contributed by atoms with Crippen LogP contribution in [-0.4, -0.2) is 37.8 Å². The summed E-state index contributed by atoms with van der Waals surface area (Å²) in [5.74, 6) is -1.19. The van der Waals surface area contributed by atoms with E-state index in [1.165, 1.54) is 41.8 Å². The zero-order valence-electron chi connectivity index (χ0n) is 16.7. The molecule has 3 rings (SSSR count). The Bertz CT molecular complexity index is 782. The van der Waals surface area contributed by atoms with Crippen LogP contribution in [0.4, 0.5) is 4.39 Å². The number of hydrogen-bond acceptors (Lipinski definition) is 3. The Morgan fingerprint density at radius 1 is 1.07 bits per heavy atom. The van der Waals surface area contributed by atoms with Crippen molar-refractivity contribution >= 4 is 27.5 Å². The van der Waals surface area contributed by atoms with Crippen LogP contribution in [0.5, 0.6) is 0 Å². The van der Waals surface area contributed by atoms with Crippen LogP contribution < -0.4 is 5.32 Å². The van der Waals surface area contributed by atoms with Crippen molar-refractivity contribution in [2.75, 3.05) is 13.1 Å². The molecule has 1 heterocycles. The van der Waals surface area contributed by atoms with E-state index in [9.17, 15) is 17.6 Å². The molecule has 1 aliphatic carbocycles. The number of carbonyl (C=O) groups is 1. The monoisotopic (exact) mass is 444 g/mol. The van der Waals surface area contributed by atoms with Gasteiger partial charge in [-0.25, -0.2) is 17.1 Å². The van der Waals surface area contributed by atoms with Gasteiger partial charge in [0.05, 0.1) is 5.75 Å². The van der Waals surface area contributed by atoms with Gasteiger partial charge in [-0.3, -0.25) is 4.79 Å². The van der Waals surface area contributed by atoms with Crippen LogP contribution >= 0.6 is 11.6 Å². The molecule has 0 aromatic heterocycles. The highest BCUT2D eigenvalue weighted by Crippen LogP contribution is 2.26. The van der Waals surface area contributed by atoms with E-state index in [1.54, 1.807) is 0 Å². The van der Waals surface area contributed by atoms with Crippen LogP contribution in [0.25, 0.3) is 0 Å². The molecule has 1 aromatic carbocycles. The summed E-state index contributed by atoms with van der Waals surface area (Å²) in [5.41, 5.74) is -0.00156. The highest BCUT2D eigenvalue weighted by atomic mass is 35.5. The summed E-state index contributed by atoms with van der Waals surface area (Å²) in [6.45, 7) is 0.550. The molecule has 5 nitrogen and oxygen atoms in total. The summed E-state index contributed by atoms with van der Waals surface area (Å²) in [5, 5.41) is 3.30. The van der Waals surface area contributed by atoms with Crippen molar-refractivity contribution in [2.45, 2.75) is 69.6 Å². The van der Waals surface area contributed by atoms with E-state index in [-0.39, 0.29) is 41.5 Å². The van der Waals surface area contributed by atoms with E-state index in [4.69, 9.17) is 11.6 Å². The predicted octanol–water partition coefficient (Wildman–Crippen LogP) is 4.25. The van der Waals surface area contributed by atoms with Crippen LogP contribution in [0.15, 0.2) is 18.2 Å². The number of halogens is 2. The van der Waals surface area contributed by atoms with Crippen molar-refractivity contribution < 1.29 is 17.6 Å². The lowest BCUT2D eigenvalue weighted by molar-refractivity contribution is -0.127. The molecule has 2 fully saturated rings. The zero-order valence-corrected chi connectivity index (χ0v) is 18.3. The van der Waals surface area contributed by atoms with E-state index in [0.717, 1.165) is 25.7 Å². The first kappa shape index (κ1) is 22.5. The molecule has 1 amide bonds. The molecule has 29 heavy (non-hydrogen) atoms. The maximum atomic E-state index is 14.0. The Kier molecular flexibility index (Phi) is 7.93. The largest absolute Gasteiger partial charge is 0.353 e. The van der Waals surface area contributed by atoms with Crippen molar-refractivity contribution in [3.05, 3.63) is 34.6 Å². The lowest BCUT2D eigenvalue weighted by Crippen LogP contribution is -2.45. The summed E-state index contributed by atoms with van der Waals surface area (Å²) in [7, 11) is -3.69. The first-order valence-corrected chi connectivity index (χ1v) is 12.6. The molecule has 0 radical (unpaired) electrons. The number of amides is 1. The van der Waals surface area contributed by atoms with Crippen LogP contribution in [-0.2, 0) is 20.6 Å². The molecule has 2 aliphatic rings. The van der Waals surface area contributed by atoms with Gasteiger partial charge in [0, 0.05) is 35.6 Å². The summed E-state index contributed by atoms with van der Waals surface area (Å²) >= 11 is 5.98. The van der Waals surface area contributed by atoms with Gasteiger partial charge in [-0.15, -0.1) is 0 Å². The Morgan fingerprint density at radius 3 is 2.31 bits per heavy atom. The Labute approximate surface area is 178 Å². The maximum Gasteiger partial charge on any atom is 0.223 e. The number of piperidine rings is 1. The number of carbonyl (C=O) groups excluding carboxylic acids is 1. The minimum absolute atomic E-state index is 0.00156. The van der Waals surface area contributed by atoms with Gasteiger partial charge < -0.3 is 5.32 Å². The average Bonchev–Trinajstić information content (AvgIpc) is 2.67. The highest BCUT2D eigenvalue weighted by molar-refractivity contribution is 7.88. The second-order valence-corrected chi connectivity index (χ2v) is 10.6. The van der Waals surface area contributed by atoms with Gasteiger partial charge in [-0.05, 0) is 37.8 Å². The normalized spacial score (nSPS) is 20.8. The molecule has 1 aromatic rings. The third kappa shape index (κ3) is 6.15. The third-order valence-corrected chi connectivity index (χ3v) is 8.22. The number of nitrogens with zero attached hydrogens (tertiary/aromatic N) is 1. The molecule has 162 valence electrons. The molecule has 1 saturated carbocycles. The van der Waals surface area contributed by atoms with Gasteiger partial charge in [0.2, 0.25) is 15.9 Å². The van der Waals surface area contributed by atoms with E-state index < -0.39 is 21.6 Å². The second-order valence-electron chi connectivity index (χ2n) is 8.18. The van der Waals surface area contributed by atoms with Crippen molar-refractivity contribution in [3.63, 3.8) is 0 Å². The maximum absolute atomic E-state index is 14.0. The fraction of sp³-hybridized carbons (Fsp3) is 0.667. The zero-order chi connectivity index (χ0) is 20.9. The van der Waals surface area contributed by atoms with E-state index >= 15 is 0 Å². The number of nitrogens with one attached hydrogen (secondary N) is 1. The Hall–Kier alpha value is -1.18. The molecular formula is C21H30ClFN2O3S. The van der Waals surface area contributed by atoms with E-state index in [2.05, 4.69) is 5.32 Å². The first-order chi connectivity index (χ1) is 13.9. The Morgan fingerprint density at radius 2 is 1.69 bits per heavy atom. The molecule has 1 aliphatic heterocycles. The number of rotatable bonds is 5. The quantitative estimate of drug-likeness (QED) is 0.738. The predicted molar refractivity (Wildman–Crippen MR) is 113 cm³/mol. The van der Waals surface area contributed by atoms with Gasteiger partial charge in [-0.2, -0.15) is 0 Å². The molecule has 0 unspecified atom stereocenters. The van der Waals surface area contributed by atoms with Crippen LogP contribution in [0, 0.1) is 11.7 Å². The molecule has 8 heteroatoms. The fourth-order valence-corrected chi connectivity index (χ4v) is 6.18. The SMILES string of the molecule is O=C(NC1CCCCCCC1)C1CCN(S(=O)(=O)Cc2c(F)cccc2Cl)CC1. The standard InChI is InChI=1S/C21H30ClFN2O3S/c22-19-9-6-10-20(23)18(19)15-29(27,28)25-13-11-16(12-14-25)21(26)24-17-7-4-2-1-3-5-8-17/h6,9-10,16-17H,1-5,7-8,11-15H2,(H,24,26). The van der Waals surface area contributed by atoms with Gasteiger partial charge in [0.25, 0.3) is 0 Å². The van der Waals surface area contributed by atoms with Gasteiger partial charge >= 0.3 is 0 Å². The molecule has 0 spiro atoms. The molecule has 0 atom stereocenters. The minimum Gasteiger partial charge on any atom is -0.353 e. The lowest BCUT2D eigenvalue weighted by atomic mass is 9.94. The topological polar surface area (TPSA) is 66.5 Å². The van der Waals surface area contributed by atoms with Gasteiger partial charge in [0.1, 0.15) is 5.82 Å². The van der Waals surface area contributed by atoms with Crippen molar-refractivity contribution in [1.29, 1.82) is 0 Å². The summed E-state index contributed by atoms with van der Waals surface area (Å²) in [6, 6.07) is 4.39. The summed E-state index contributed by atoms with van der Waals surface area (Å²) in [4.78, 5) is 12.7. The lowest BCUT2D eigenvalue weighted by Gasteiger charge is -2.32. The summed E-state index contributed by atoms with van der Waals surface area (Å²) < 4.78 is 40.8. The molecule has 0 bridgehead atoms. The number of sulfonamides is 1. The van der Waals surface area contributed by atoms with Gasteiger partial charge in [-0.1, -0.05) is 49.8 Å². The van der Waals surface area contributed by atoms with Crippen molar-refractivity contribution in [2.24, 2.45) is 5.92 Å². The highest BCUT2D eigenvalue weighted by Gasteiger charge is 2.32. The molecule has 1 N–H and O–H groups in total. The molecular weight excluding hydrogens is 415 g/mol. The van der Waals surface area contributed by atoms with Gasteiger partial charge in [0.15, 0.2) is 0 Å².